The number of carbonyl (C=O) groups excluding carboxylic acids is 1. The van der Waals surface area contributed by atoms with Gasteiger partial charge in [0.25, 0.3) is 0 Å². The van der Waals surface area contributed by atoms with Crippen LogP contribution in [0.3, 0.4) is 0 Å². The average Bonchev–Trinajstić information content (AvgIpc) is 2.74. The van der Waals surface area contributed by atoms with Gasteiger partial charge in [0, 0.05) is 17.3 Å². The highest BCUT2D eigenvalue weighted by atomic mass is 35.5. The summed E-state index contributed by atoms with van der Waals surface area (Å²) in [6, 6.07) is 7.07. The molecule has 2 rings (SSSR count). The molecule has 0 unspecified atom stereocenters. The Morgan fingerprint density at radius 1 is 1.45 bits per heavy atom. The molecular formula is C15H21ClN2O2. The summed E-state index contributed by atoms with van der Waals surface area (Å²) in [5.74, 6) is -0.101. The van der Waals surface area contributed by atoms with Gasteiger partial charge in [0.05, 0.1) is 12.1 Å². The van der Waals surface area contributed by atoms with Crippen LogP contribution in [0.4, 0.5) is 5.69 Å². The minimum atomic E-state index is -0.620. The molecule has 1 aromatic rings. The van der Waals surface area contributed by atoms with E-state index in [0.717, 1.165) is 25.7 Å². The molecule has 110 valence electrons. The summed E-state index contributed by atoms with van der Waals surface area (Å²) in [5.41, 5.74) is 0.0703. The lowest BCUT2D eigenvalue weighted by atomic mass is 10.0. The van der Waals surface area contributed by atoms with E-state index in [4.69, 9.17) is 11.6 Å². The number of hydrogen-bond acceptors (Lipinski definition) is 3. The van der Waals surface area contributed by atoms with E-state index in [1.54, 1.807) is 24.3 Å². The molecule has 0 atom stereocenters. The van der Waals surface area contributed by atoms with Crippen LogP contribution >= 0.6 is 11.6 Å². The van der Waals surface area contributed by atoms with Crippen LogP contribution in [0.15, 0.2) is 24.3 Å². The average molecular weight is 297 g/mol. The van der Waals surface area contributed by atoms with Crippen LogP contribution in [0.5, 0.6) is 0 Å². The number of likely N-dealkylation sites (N-methyl/N-ethyl adjacent to an activating group) is 1. The van der Waals surface area contributed by atoms with Crippen molar-refractivity contribution >= 4 is 23.2 Å². The summed E-state index contributed by atoms with van der Waals surface area (Å²) in [6.45, 7) is 0.796. The van der Waals surface area contributed by atoms with Crippen LogP contribution in [0, 0.1) is 0 Å². The molecule has 4 nitrogen and oxygen atoms in total. The molecule has 0 bridgehead atoms. The SMILES string of the molecule is CN(CC(=O)Nc1cccc(Cl)c1)CC1(O)CCCC1. The zero-order valence-corrected chi connectivity index (χ0v) is 12.5. The zero-order chi connectivity index (χ0) is 14.6. The van der Waals surface area contributed by atoms with E-state index in [1.807, 2.05) is 11.9 Å². The molecule has 0 aliphatic heterocycles. The molecule has 20 heavy (non-hydrogen) atoms. The maximum absolute atomic E-state index is 11.9. The number of hydrogen-bond donors (Lipinski definition) is 2. The van der Waals surface area contributed by atoms with Gasteiger partial charge in [-0.1, -0.05) is 30.5 Å². The topological polar surface area (TPSA) is 52.6 Å². The third-order valence-corrected chi connectivity index (χ3v) is 3.86. The first-order valence-electron chi connectivity index (χ1n) is 6.93. The van der Waals surface area contributed by atoms with E-state index in [-0.39, 0.29) is 12.5 Å². The fourth-order valence-corrected chi connectivity index (χ4v) is 2.95. The van der Waals surface area contributed by atoms with Crippen molar-refractivity contribution in [2.45, 2.75) is 31.3 Å². The van der Waals surface area contributed by atoms with E-state index < -0.39 is 5.60 Å². The van der Waals surface area contributed by atoms with Gasteiger partial charge in [-0.25, -0.2) is 0 Å². The normalized spacial score (nSPS) is 17.4. The number of aliphatic hydroxyl groups is 1. The first-order chi connectivity index (χ1) is 9.47. The molecule has 1 aromatic carbocycles. The van der Waals surface area contributed by atoms with Crippen LogP contribution in [-0.4, -0.2) is 41.7 Å². The van der Waals surface area contributed by atoms with Crippen LogP contribution in [0.25, 0.3) is 0 Å². The van der Waals surface area contributed by atoms with Gasteiger partial charge < -0.3 is 10.4 Å². The number of nitrogens with one attached hydrogen (secondary N) is 1. The molecule has 0 saturated heterocycles. The van der Waals surface area contributed by atoms with Gasteiger partial charge >= 0.3 is 0 Å². The molecule has 1 aliphatic carbocycles. The first kappa shape index (κ1) is 15.3. The van der Waals surface area contributed by atoms with Gasteiger partial charge in [-0.05, 0) is 38.1 Å². The Balaban J connectivity index is 1.82. The van der Waals surface area contributed by atoms with Crippen LogP contribution in [0.1, 0.15) is 25.7 Å². The number of amides is 1. The maximum atomic E-state index is 11.9. The largest absolute Gasteiger partial charge is 0.389 e. The molecule has 1 amide bonds. The van der Waals surface area contributed by atoms with E-state index in [9.17, 15) is 9.90 Å². The Hall–Kier alpha value is -1.10. The standard InChI is InChI=1S/C15H21ClN2O2/c1-18(11-15(20)7-2-3-8-15)10-14(19)17-13-6-4-5-12(16)9-13/h4-6,9,20H,2-3,7-8,10-11H2,1H3,(H,17,19). The lowest BCUT2D eigenvalue weighted by molar-refractivity contribution is -0.117. The van der Waals surface area contributed by atoms with E-state index in [2.05, 4.69) is 5.32 Å². The minimum absolute atomic E-state index is 0.101. The monoisotopic (exact) mass is 296 g/mol. The fraction of sp³-hybridized carbons (Fsp3) is 0.533. The van der Waals surface area contributed by atoms with Crippen LogP contribution < -0.4 is 5.32 Å². The van der Waals surface area contributed by atoms with Crippen LogP contribution in [-0.2, 0) is 4.79 Å². The first-order valence-corrected chi connectivity index (χ1v) is 7.31. The number of halogens is 1. The number of benzene rings is 1. The molecule has 0 spiro atoms. The van der Waals surface area contributed by atoms with Crippen molar-refractivity contribution in [2.24, 2.45) is 0 Å². The maximum Gasteiger partial charge on any atom is 0.238 e. The van der Waals surface area contributed by atoms with E-state index in [1.165, 1.54) is 0 Å². The Kier molecular flexibility index (Phi) is 5.02. The third-order valence-electron chi connectivity index (χ3n) is 3.62. The molecule has 0 aromatic heterocycles. The summed E-state index contributed by atoms with van der Waals surface area (Å²) >= 11 is 5.87. The Labute approximate surface area is 124 Å². The van der Waals surface area contributed by atoms with Crippen molar-refractivity contribution in [3.05, 3.63) is 29.3 Å². The van der Waals surface area contributed by atoms with Gasteiger partial charge in [0.15, 0.2) is 0 Å². The second-order valence-corrected chi connectivity index (χ2v) is 6.10. The number of carbonyl (C=O) groups is 1. The molecule has 2 N–H and O–H groups in total. The fourth-order valence-electron chi connectivity index (χ4n) is 2.76. The number of nitrogens with zero attached hydrogens (tertiary/aromatic N) is 1. The number of rotatable bonds is 5. The molecule has 0 radical (unpaired) electrons. The lowest BCUT2D eigenvalue weighted by Crippen LogP contribution is -2.42. The van der Waals surface area contributed by atoms with Crippen LogP contribution in [0.2, 0.25) is 5.02 Å². The van der Waals surface area contributed by atoms with Crippen molar-refractivity contribution in [1.82, 2.24) is 4.90 Å². The Morgan fingerprint density at radius 2 is 2.15 bits per heavy atom. The van der Waals surface area contributed by atoms with Crippen molar-refractivity contribution < 1.29 is 9.90 Å². The highest BCUT2D eigenvalue weighted by Gasteiger charge is 2.32. The summed E-state index contributed by atoms with van der Waals surface area (Å²) in [4.78, 5) is 13.8. The highest BCUT2D eigenvalue weighted by Crippen LogP contribution is 2.29. The smallest absolute Gasteiger partial charge is 0.238 e. The van der Waals surface area contributed by atoms with E-state index in [0.29, 0.717) is 17.3 Å². The Bertz CT molecular complexity index is 473. The second kappa shape index (κ2) is 6.57. The summed E-state index contributed by atoms with van der Waals surface area (Å²) < 4.78 is 0. The zero-order valence-electron chi connectivity index (χ0n) is 11.7. The predicted octanol–water partition coefficient (Wildman–Crippen LogP) is 2.52. The quantitative estimate of drug-likeness (QED) is 0.878. The van der Waals surface area contributed by atoms with E-state index >= 15 is 0 Å². The molecule has 5 heteroatoms. The lowest BCUT2D eigenvalue weighted by Gasteiger charge is -2.28. The molecule has 1 fully saturated rings. The predicted molar refractivity (Wildman–Crippen MR) is 81.0 cm³/mol. The Morgan fingerprint density at radius 3 is 2.80 bits per heavy atom. The highest BCUT2D eigenvalue weighted by molar-refractivity contribution is 6.30. The minimum Gasteiger partial charge on any atom is -0.389 e. The van der Waals surface area contributed by atoms with Gasteiger partial charge in [-0.15, -0.1) is 0 Å². The molecular weight excluding hydrogens is 276 g/mol. The van der Waals surface area contributed by atoms with Crippen molar-refractivity contribution in [2.75, 3.05) is 25.5 Å². The summed E-state index contributed by atoms with van der Waals surface area (Å²) in [7, 11) is 1.86. The summed E-state index contributed by atoms with van der Waals surface area (Å²) in [6.07, 6.45) is 3.79. The third kappa shape index (κ3) is 4.47. The van der Waals surface area contributed by atoms with Crippen molar-refractivity contribution in [3.8, 4) is 0 Å². The summed E-state index contributed by atoms with van der Waals surface area (Å²) in [5, 5.41) is 13.7. The van der Waals surface area contributed by atoms with Crippen molar-refractivity contribution in [3.63, 3.8) is 0 Å². The molecule has 1 saturated carbocycles. The van der Waals surface area contributed by atoms with Gasteiger partial charge in [-0.3, -0.25) is 9.69 Å². The van der Waals surface area contributed by atoms with Gasteiger partial charge in [-0.2, -0.15) is 0 Å². The number of anilines is 1. The van der Waals surface area contributed by atoms with Gasteiger partial charge in [0.1, 0.15) is 0 Å². The van der Waals surface area contributed by atoms with Crippen molar-refractivity contribution in [1.29, 1.82) is 0 Å². The second-order valence-electron chi connectivity index (χ2n) is 5.66. The molecule has 0 heterocycles. The molecule has 1 aliphatic rings. The van der Waals surface area contributed by atoms with Gasteiger partial charge in [0.2, 0.25) is 5.91 Å².